The van der Waals surface area contributed by atoms with E-state index in [-0.39, 0.29) is 28.6 Å². The second-order valence-corrected chi connectivity index (χ2v) is 11.5. The molecule has 43 heavy (non-hydrogen) atoms. The molecule has 6 heteroatoms. The summed E-state index contributed by atoms with van der Waals surface area (Å²) >= 11 is 0. The van der Waals surface area contributed by atoms with Gasteiger partial charge in [-0.3, -0.25) is 4.79 Å². The third kappa shape index (κ3) is 10.0. The molecular formula is C37H46F2O4. The van der Waals surface area contributed by atoms with Crippen LogP contribution in [0.5, 0.6) is 5.75 Å². The molecule has 0 aliphatic heterocycles. The maximum Gasteiger partial charge on any atom is 0.335 e. The van der Waals surface area contributed by atoms with Crippen molar-refractivity contribution in [1.82, 2.24) is 0 Å². The lowest BCUT2D eigenvalue weighted by Gasteiger charge is -2.15. The lowest BCUT2D eigenvalue weighted by Crippen LogP contribution is -2.13. The van der Waals surface area contributed by atoms with Crippen LogP contribution >= 0.6 is 0 Å². The molecular weight excluding hydrogens is 546 g/mol. The SMILES string of the molecule is CCCCCCCCOc1ccc(-c2ccc(C(=O)O)cc2-c2ccc(C(=O)C(C)CCCCCCC)c(F)c2)cc1F. The molecule has 1 N–H and O–H groups in total. The molecule has 3 aromatic carbocycles. The topological polar surface area (TPSA) is 63.6 Å². The van der Waals surface area contributed by atoms with Gasteiger partial charge in [0.15, 0.2) is 17.3 Å². The lowest BCUT2D eigenvalue weighted by atomic mass is 9.90. The van der Waals surface area contributed by atoms with Crippen LogP contribution < -0.4 is 4.74 Å². The number of hydrogen-bond acceptors (Lipinski definition) is 3. The molecule has 0 spiro atoms. The van der Waals surface area contributed by atoms with E-state index in [0.717, 1.165) is 44.9 Å². The summed E-state index contributed by atoms with van der Waals surface area (Å²) < 4.78 is 36.1. The van der Waals surface area contributed by atoms with Crippen LogP contribution in [0.25, 0.3) is 22.3 Å². The summed E-state index contributed by atoms with van der Waals surface area (Å²) in [5.41, 5.74) is 1.94. The Morgan fingerprint density at radius 3 is 1.98 bits per heavy atom. The number of rotatable bonds is 19. The maximum atomic E-state index is 15.4. The van der Waals surface area contributed by atoms with E-state index in [4.69, 9.17) is 4.74 Å². The summed E-state index contributed by atoms with van der Waals surface area (Å²) in [6.45, 7) is 6.59. The number of halogens is 2. The largest absolute Gasteiger partial charge is 0.491 e. The van der Waals surface area contributed by atoms with Crippen molar-refractivity contribution in [3.63, 3.8) is 0 Å². The zero-order chi connectivity index (χ0) is 31.2. The number of carboxylic acid groups (broad SMARTS) is 1. The molecule has 4 nitrogen and oxygen atoms in total. The molecule has 0 saturated heterocycles. The number of aromatic carboxylic acids is 1. The molecule has 0 aliphatic rings. The number of ketones is 1. The van der Waals surface area contributed by atoms with Crippen LogP contribution in [0.3, 0.4) is 0 Å². The third-order valence-electron chi connectivity index (χ3n) is 8.00. The van der Waals surface area contributed by atoms with Crippen LogP contribution in [0.15, 0.2) is 54.6 Å². The summed E-state index contributed by atoms with van der Waals surface area (Å²) in [4.78, 5) is 24.8. The molecule has 0 fully saturated rings. The minimum Gasteiger partial charge on any atom is -0.491 e. The molecule has 3 rings (SSSR count). The number of unbranched alkanes of at least 4 members (excludes halogenated alkanes) is 9. The summed E-state index contributed by atoms with van der Waals surface area (Å²) in [6, 6.07) is 13.5. The highest BCUT2D eigenvalue weighted by Crippen LogP contribution is 2.36. The van der Waals surface area contributed by atoms with Crippen molar-refractivity contribution >= 4 is 11.8 Å². The Balaban J connectivity index is 1.80. The Labute approximate surface area is 255 Å². The smallest absolute Gasteiger partial charge is 0.335 e. The average Bonchev–Trinajstić information content (AvgIpc) is 3.00. The first kappa shape index (κ1) is 34.0. The summed E-state index contributed by atoms with van der Waals surface area (Å²) in [5.74, 6) is -2.67. The molecule has 3 aromatic rings. The van der Waals surface area contributed by atoms with E-state index < -0.39 is 17.6 Å². The third-order valence-corrected chi connectivity index (χ3v) is 8.00. The lowest BCUT2D eigenvalue weighted by molar-refractivity contribution is 0.0696. The van der Waals surface area contributed by atoms with Crippen molar-refractivity contribution in [3.05, 3.63) is 77.4 Å². The fourth-order valence-corrected chi connectivity index (χ4v) is 5.35. The summed E-state index contributed by atoms with van der Waals surface area (Å²) in [6.07, 6.45) is 12.8. The van der Waals surface area contributed by atoms with Crippen LogP contribution in [0, 0.1) is 17.6 Å². The predicted octanol–water partition coefficient (Wildman–Crippen LogP) is 10.9. The molecule has 1 atom stereocenters. The number of carbonyl (C=O) groups is 2. The van der Waals surface area contributed by atoms with Gasteiger partial charge < -0.3 is 9.84 Å². The zero-order valence-corrected chi connectivity index (χ0v) is 25.9. The fourth-order valence-electron chi connectivity index (χ4n) is 5.35. The minimum absolute atomic E-state index is 0.0235. The minimum atomic E-state index is -1.13. The monoisotopic (exact) mass is 592 g/mol. The van der Waals surface area contributed by atoms with Gasteiger partial charge in [-0.05, 0) is 71.5 Å². The summed E-state index contributed by atoms with van der Waals surface area (Å²) in [5, 5.41) is 9.62. The number of carbonyl (C=O) groups excluding carboxylic acids is 1. The number of carboxylic acids is 1. The number of ether oxygens (including phenoxy) is 1. The fraction of sp³-hybridized carbons (Fsp3) is 0.459. The summed E-state index contributed by atoms with van der Waals surface area (Å²) in [7, 11) is 0. The van der Waals surface area contributed by atoms with Crippen molar-refractivity contribution in [3.8, 4) is 28.0 Å². The van der Waals surface area contributed by atoms with Gasteiger partial charge in [0.1, 0.15) is 5.82 Å². The van der Waals surface area contributed by atoms with Gasteiger partial charge in [0.25, 0.3) is 0 Å². The quantitative estimate of drug-likeness (QED) is 0.111. The first-order chi connectivity index (χ1) is 20.8. The van der Waals surface area contributed by atoms with E-state index in [1.54, 1.807) is 24.3 Å². The van der Waals surface area contributed by atoms with Gasteiger partial charge in [0, 0.05) is 5.92 Å². The average molecular weight is 593 g/mol. The Morgan fingerprint density at radius 2 is 1.33 bits per heavy atom. The molecule has 0 saturated carbocycles. The zero-order valence-electron chi connectivity index (χ0n) is 25.9. The highest BCUT2D eigenvalue weighted by Gasteiger charge is 2.21. The first-order valence-corrected chi connectivity index (χ1v) is 15.9. The van der Waals surface area contributed by atoms with Gasteiger partial charge in [-0.15, -0.1) is 0 Å². The van der Waals surface area contributed by atoms with Gasteiger partial charge in [-0.2, -0.15) is 0 Å². The first-order valence-electron chi connectivity index (χ1n) is 15.9. The highest BCUT2D eigenvalue weighted by molar-refractivity contribution is 5.99. The maximum absolute atomic E-state index is 15.4. The standard InChI is InChI=1S/C37H46F2O4/c1-4-6-8-10-12-14-22-43-35-21-18-27(25-34(35)39)30-19-17-29(37(41)42)23-32(30)28-16-20-31(33(38)24-28)36(40)26(3)15-13-11-9-7-5-2/h16-21,23-26H,4-15,22H2,1-3H3,(H,41,42). The molecule has 0 aliphatic carbocycles. The second-order valence-electron chi connectivity index (χ2n) is 11.5. The molecule has 0 bridgehead atoms. The number of benzene rings is 3. The number of Topliss-reactive ketones (excluding diaryl/α,β-unsaturated/α-hetero) is 1. The predicted molar refractivity (Wildman–Crippen MR) is 170 cm³/mol. The molecule has 0 heterocycles. The Hall–Kier alpha value is -3.54. The second kappa shape index (κ2) is 17.5. The van der Waals surface area contributed by atoms with Crippen molar-refractivity contribution in [2.24, 2.45) is 5.92 Å². The van der Waals surface area contributed by atoms with Gasteiger partial charge in [0.05, 0.1) is 17.7 Å². The molecule has 0 radical (unpaired) electrons. The molecule has 1 unspecified atom stereocenters. The van der Waals surface area contributed by atoms with Crippen LogP contribution in [-0.4, -0.2) is 23.5 Å². The van der Waals surface area contributed by atoms with Crippen LogP contribution in [0.1, 0.15) is 119 Å². The van der Waals surface area contributed by atoms with Crippen LogP contribution in [0.4, 0.5) is 8.78 Å². The Morgan fingerprint density at radius 1 is 0.721 bits per heavy atom. The van der Waals surface area contributed by atoms with Crippen molar-refractivity contribution in [2.75, 3.05) is 6.61 Å². The van der Waals surface area contributed by atoms with E-state index in [1.165, 1.54) is 56.0 Å². The Kier molecular flexibility index (Phi) is 13.9. The van der Waals surface area contributed by atoms with Gasteiger partial charge in [-0.1, -0.05) is 103 Å². The van der Waals surface area contributed by atoms with Gasteiger partial charge in [-0.25, -0.2) is 13.6 Å². The Bertz CT molecular complexity index is 1350. The normalized spacial score (nSPS) is 11.8. The van der Waals surface area contributed by atoms with E-state index in [9.17, 15) is 14.7 Å². The van der Waals surface area contributed by atoms with Gasteiger partial charge in [0.2, 0.25) is 0 Å². The van der Waals surface area contributed by atoms with E-state index >= 15 is 8.78 Å². The number of hydrogen-bond donors (Lipinski definition) is 1. The highest BCUT2D eigenvalue weighted by atomic mass is 19.1. The molecule has 232 valence electrons. The molecule has 0 amide bonds. The van der Waals surface area contributed by atoms with Crippen molar-refractivity contribution < 1.29 is 28.2 Å². The van der Waals surface area contributed by atoms with E-state index in [2.05, 4.69) is 13.8 Å². The molecule has 0 aromatic heterocycles. The van der Waals surface area contributed by atoms with Crippen LogP contribution in [-0.2, 0) is 0 Å². The van der Waals surface area contributed by atoms with Crippen molar-refractivity contribution in [1.29, 1.82) is 0 Å². The van der Waals surface area contributed by atoms with Gasteiger partial charge >= 0.3 is 5.97 Å². The van der Waals surface area contributed by atoms with E-state index in [0.29, 0.717) is 35.3 Å². The van der Waals surface area contributed by atoms with Crippen molar-refractivity contribution in [2.45, 2.75) is 97.8 Å². The van der Waals surface area contributed by atoms with E-state index in [1.807, 2.05) is 6.92 Å². The van der Waals surface area contributed by atoms with Crippen LogP contribution in [0.2, 0.25) is 0 Å².